The number of carboxylic acids is 2. The van der Waals surface area contributed by atoms with Gasteiger partial charge in [0.15, 0.2) is 0 Å². The van der Waals surface area contributed by atoms with E-state index in [9.17, 15) is 14.7 Å². The summed E-state index contributed by atoms with van der Waals surface area (Å²) >= 11 is 0. The molecule has 1 aliphatic carbocycles. The Labute approximate surface area is 178 Å². The Morgan fingerprint density at radius 3 is 2.10 bits per heavy atom. The highest BCUT2D eigenvalue weighted by molar-refractivity contribution is 5.87. The third-order valence-corrected chi connectivity index (χ3v) is 6.26. The molecule has 0 heterocycles. The second-order valence-corrected chi connectivity index (χ2v) is 9.29. The Hall–Kier alpha value is -2.88. The minimum Gasteiger partial charge on any atom is -0.481 e. The number of benzene rings is 2. The zero-order chi connectivity index (χ0) is 21.9. The summed E-state index contributed by atoms with van der Waals surface area (Å²) < 4.78 is 0. The van der Waals surface area contributed by atoms with Crippen LogP contribution in [0.2, 0.25) is 0 Å². The molecule has 2 aromatic rings. The van der Waals surface area contributed by atoms with Crippen molar-refractivity contribution in [3.05, 3.63) is 76.9 Å². The number of aliphatic carboxylic acids is 1. The van der Waals surface area contributed by atoms with E-state index in [1.165, 1.54) is 29.7 Å². The summed E-state index contributed by atoms with van der Waals surface area (Å²) in [4.78, 5) is 22.9. The molecule has 2 aromatic carbocycles. The Kier molecular flexibility index (Phi) is 6.45. The number of allylic oxidation sites excluding steroid dienone is 2. The summed E-state index contributed by atoms with van der Waals surface area (Å²) in [6.45, 7) is 6.89. The van der Waals surface area contributed by atoms with Gasteiger partial charge in [-0.15, -0.1) is 0 Å². The van der Waals surface area contributed by atoms with Crippen molar-refractivity contribution in [1.29, 1.82) is 0 Å². The van der Waals surface area contributed by atoms with Crippen molar-refractivity contribution in [3.63, 3.8) is 0 Å². The summed E-state index contributed by atoms with van der Waals surface area (Å²) in [5, 5.41) is 18.8. The van der Waals surface area contributed by atoms with Gasteiger partial charge in [0.05, 0.1) is 11.5 Å². The molecule has 0 saturated heterocycles. The Balaban J connectivity index is 1.73. The molecule has 1 aliphatic rings. The molecular formula is C26H30O4. The molecule has 4 nitrogen and oxygen atoms in total. The van der Waals surface area contributed by atoms with Gasteiger partial charge in [-0.05, 0) is 71.4 Å². The first-order valence-electron chi connectivity index (χ1n) is 10.5. The molecule has 0 aliphatic heterocycles. The van der Waals surface area contributed by atoms with Crippen LogP contribution in [0.3, 0.4) is 0 Å². The molecule has 4 heteroatoms. The molecule has 0 bridgehead atoms. The molecular weight excluding hydrogens is 376 g/mol. The van der Waals surface area contributed by atoms with Crippen LogP contribution in [0.15, 0.2) is 54.6 Å². The summed E-state index contributed by atoms with van der Waals surface area (Å²) in [6, 6.07) is 14.3. The van der Waals surface area contributed by atoms with E-state index in [4.69, 9.17) is 5.11 Å². The molecule has 0 aromatic heterocycles. The van der Waals surface area contributed by atoms with Crippen molar-refractivity contribution >= 4 is 17.5 Å². The second kappa shape index (κ2) is 8.86. The van der Waals surface area contributed by atoms with Crippen molar-refractivity contribution < 1.29 is 19.8 Å². The van der Waals surface area contributed by atoms with Crippen LogP contribution in [-0.2, 0) is 11.2 Å². The van der Waals surface area contributed by atoms with Crippen molar-refractivity contribution in [2.45, 2.75) is 52.4 Å². The smallest absolute Gasteiger partial charge is 0.335 e. The van der Waals surface area contributed by atoms with Crippen LogP contribution in [0.4, 0.5) is 0 Å². The lowest BCUT2D eigenvalue weighted by Crippen LogP contribution is -2.22. The van der Waals surface area contributed by atoms with Crippen LogP contribution in [-0.4, -0.2) is 22.2 Å². The highest BCUT2D eigenvalue weighted by atomic mass is 16.4. The Bertz CT molecular complexity index is 930. The monoisotopic (exact) mass is 406 g/mol. The molecule has 0 saturated carbocycles. The number of aromatic carboxylic acids is 1. The summed E-state index contributed by atoms with van der Waals surface area (Å²) in [6.07, 6.45) is 5.99. The molecule has 30 heavy (non-hydrogen) atoms. The SMILES string of the molecule is CC(C)(C)[C@H]1CC=C(c2ccc(C(Cc3ccc(C(=O)O)cc3)C(=O)O)cc2)CC1. The minimum absolute atomic E-state index is 0.199. The van der Waals surface area contributed by atoms with E-state index in [0.29, 0.717) is 17.8 Å². The molecule has 1 unspecified atom stereocenters. The Morgan fingerprint density at radius 1 is 1.00 bits per heavy atom. The van der Waals surface area contributed by atoms with Crippen molar-refractivity contribution in [3.8, 4) is 0 Å². The topological polar surface area (TPSA) is 74.6 Å². The molecule has 3 rings (SSSR count). The van der Waals surface area contributed by atoms with Gasteiger partial charge in [0, 0.05) is 0 Å². The minimum atomic E-state index is -0.988. The van der Waals surface area contributed by atoms with Crippen LogP contribution in [0.1, 0.15) is 73.0 Å². The first-order valence-corrected chi connectivity index (χ1v) is 10.5. The quantitative estimate of drug-likeness (QED) is 0.615. The third kappa shape index (κ3) is 5.18. The van der Waals surface area contributed by atoms with Crippen LogP contribution >= 0.6 is 0 Å². The molecule has 158 valence electrons. The summed E-state index contributed by atoms with van der Waals surface area (Å²) in [7, 11) is 0. The lowest BCUT2D eigenvalue weighted by Gasteiger charge is -2.33. The van der Waals surface area contributed by atoms with Gasteiger partial charge in [-0.1, -0.05) is 63.2 Å². The summed E-state index contributed by atoms with van der Waals surface area (Å²) in [5.74, 6) is -1.84. The highest BCUT2D eigenvalue weighted by Crippen LogP contribution is 2.39. The zero-order valence-electron chi connectivity index (χ0n) is 17.9. The zero-order valence-corrected chi connectivity index (χ0v) is 17.9. The van der Waals surface area contributed by atoms with E-state index in [2.05, 4.69) is 26.8 Å². The number of rotatable bonds is 6. The normalized spacial score (nSPS) is 17.8. The van der Waals surface area contributed by atoms with E-state index < -0.39 is 17.9 Å². The van der Waals surface area contributed by atoms with Crippen LogP contribution in [0.5, 0.6) is 0 Å². The average Bonchev–Trinajstić information content (AvgIpc) is 2.72. The van der Waals surface area contributed by atoms with Gasteiger partial charge in [-0.2, -0.15) is 0 Å². The fraction of sp³-hybridized carbons (Fsp3) is 0.385. The average molecular weight is 407 g/mol. The maximum atomic E-state index is 11.9. The van der Waals surface area contributed by atoms with Gasteiger partial charge in [0.2, 0.25) is 0 Å². The van der Waals surface area contributed by atoms with Crippen molar-refractivity contribution in [1.82, 2.24) is 0 Å². The van der Waals surface area contributed by atoms with Gasteiger partial charge in [-0.25, -0.2) is 4.79 Å². The first kappa shape index (κ1) is 21.8. The van der Waals surface area contributed by atoms with Gasteiger partial charge in [0.25, 0.3) is 0 Å². The summed E-state index contributed by atoms with van der Waals surface area (Å²) in [5.41, 5.74) is 4.60. The lowest BCUT2D eigenvalue weighted by atomic mass is 9.72. The van der Waals surface area contributed by atoms with Crippen LogP contribution < -0.4 is 0 Å². The number of hydrogen-bond donors (Lipinski definition) is 2. The van der Waals surface area contributed by atoms with E-state index in [1.54, 1.807) is 12.1 Å². The molecule has 2 atom stereocenters. The maximum absolute atomic E-state index is 11.9. The Morgan fingerprint density at radius 2 is 1.63 bits per heavy atom. The highest BCUT2D eigenvalue weighted by Gasteiger charge is 2.26. The fourth-order valence-electron chi connectivity index (χ4n) is 4.18. The van der Waals surface area contributed by atoms with Crippen molar-refractivity contribution in [2.75, 3.05) is 0 Å². The molecule has 0 fully saturated rings. The predicted octanol–water partition coefficient (Wildman–Crippen LogP) is 6.03. The number of carbonyl (C=O) groups is 2. The predicted molar refractivity (Wildman–Crippen MR) is 119 cm³/mol. The largest absolute Gasteiger partial charge is 0.481 e. The van der Waals surface area contributed by atoms with E-state index in [0.717, 1.165) is 24.0 Å². The number of hydrogen-bond acceptors (Lipinski definition) is 2. The first-order chi connectivity index (χ1) is 14.1. The third-order valence-electron chi connectivity index (χ3n) is 6.26. The van der Waals surface area contributed by atoms with Crippen LogP contribution in [0.25, 0.3) is 5.57 Å². The van der Waals surface area contributed by atoms with Crippen LogP contribution in [0, 0.1) is 11.3 Å². The van der Waals surface area contributed by atoms with Crippen molar-refractivity contribution in [2.24, 2.45) is 11.3 Å². The van der Waals surface area contributed by atoms with E-state index >= 15 is 0 Å². The maximum Gasteiger partial charge on any atom is 0.335 e. The lowest BCUT2D eigenvalue weighted by molar-refractivity contribution is -0.138. The standard InChI is InChI=1S/C26H30O4/c1-26(2,3)22-14-12-19(13-15-22)18-8-10-20(11-9-18)23(25(29)30)16-17-4-6-21(7-5-17)24(27)28/h4-12,22-23H,13-16H2,1-3H3,(H,27,28)(H,29,30)/t22-,23?/m0/s1. The van der Waals surface area contributed by atoms with E-state index in [-0.39, 0.29) is 5.56 Å². The van der Waals surface area contributed by atoms with E-state index in [1.807, 2.05) is 24.3 Å². The van der Waals surface area contributed by atoms with Gasteiger partial charge in [0.1, 0.15) is 0 Å². The van der Waals surface area contributed by atoms with Gasteiger partial charge < -0.3 is 10.2 Å². The second-order valence-electron chi connectivity index (χ2n) is 9.29. The molecule has 2 N–H and O–H groups in total. The molecule has 0 spiro atoms. The molecule has 0 amide bonds. The van der Waals surface area contributed by atoms with Gasteiger partial charge in [-0.3, -0.25) is 4.79 Å². The molecule has 0 radical (unpaired) electrons. The fourth-order valence-corrected chi connectivity index (χ4v) is 4.18. The number of carboxylic acid groups (broad SMARTS) is 2. The van der Waals surface area contributed by atoms with Gasteiger partial charge >= 0.3 is 11.9 Å².